The van der Waals surface area contributed by atoms with E-state index in [1.807, 2.05) is 0 Å². The third-order valence-electron chi connectivity index (χ3n) is 4.21. The summed E-state index contributed by atoms with van der Waals surface area (Å²) in [7, 11) is -7.18. The van der Waals surface area contributed by atoms with Crippen LogP contribution in [0.15, 0.2) is 82.6 Å². The SMILES string of the molecule is O=[N+]([O-])c1ccc(S(=O)(=O)C/C=C/CSC/C=C/CS(=O)(=O)c2ccc([N+](=O)[O-])cc2)cc1. The zero-order valence-electron chi connectivity index (χ0n) is 17.1. The molecule has 0 aliphatic carbocycles. The largest absolute Gasteiger partial charge is 0.269 e. The lowest BCUT2D eigenvalue weighted by Crippen LogP contribution is -2.05. The van der Waals surface area contributed by atoms with E-state index in [0.717, 1.165) is 24.3 Å². The van der Waals surface area contributed by atoms with Crippen LogP contribution in [0, 0.1) is 20.2 Å². The van der Waals surface area contributed by atoms with Crippen molar-refractivity contribution in [3.8, 4) is 0 Å². The third kappa shape index (κ3) is 8.11. The first-order chi connectivity index (χ1) is 15.5. The fraction of sp³-hybridized carbons (Fsp3) is 0.200. The minimum atomic E-state index is -3.59. The van der Waals surface area contributed by atoms with Crippen LogP contribution in [-0.4, -0.2) is 49.7 Å². The van der Waals surface area contributed by atoms with Crippen molar-refractivity contribution < 1.29 is 26.7 Å². The van der Waals surface area contributed by atoms with E-state index >= 15 is 0 Å². The average Bonchev–Trinajstić information content (AvgIpc) is 2.78. The molecule has 0 saturated carbocycles. The number of hydrogen-bond donors (Lipinski definition) is 0. The number of thioether (sulfide) groups is 1. The van der Waals surface area contributed by atoms with Crippen molar-refractivity contribution in [2.24, 2.45) is 0 Å². The second-order valence-corrected chi connectivity index (χ2v) is 11.7. The maximum Gasteiger partial charge on any atom is 0.269 e. The molecule has 0 bridgehead atoms. The summed E-state index contributed by atoms with van der Waals surface area (Å²) in [5, 5.41) is 21.3. The number of nitrogens with zero attached hydrogens (tertiary/aromatic N) is 2. The Morgan fingerprint density at radius 2 is 0.970 bits per heavy atom. The Balaban J connectivity index is 1.74. The number of non-ortho nitro benzene ring substituents is 2. The molecular weight excluding hydrogens is 492 g/mol. The average molecular weight is 513 g/mol. The number of nitro groups is 2. The summed E-state index contributed by atoms with van der Waals surface area (Å²) in [6.07, 6.45) is 6.34. The number of benzene rings is 2. The summed E-state index contributed by atoms with van der Waals surface area (Å²) >= 11 is 1.44. The second kappa shape index (κ2) is 11.7. The van der Waals surface area contributed by atoms with Crippen molar-refractivity contribution in [2.45, 2.75) is 9.79 Å². The predicted octanol–water partition coefficient (Wildman–Crippen LogP) is 3.60. The summed E-state index contributed by atoms with van der Waals surface area (Å²) in [4.78, 5) is 20.1. The highest BCUT2D eigenvalue weighted by molar-refractivity contribution is 7.99. The molecule has 2 rings (SSSR count). The van der Waals surface area contributed by atoms with Gasteiger partial charge in [0.15, 0.2) is 19.7 Å². The van der Waals surface area contributed by atoms with E-state index in [4.69, 9.17) is 0 Å². The number of sulfone groups is 2. The van der Waals surface area contributed by atoms with Crippen molar-refractivity contribution in [1.82, 2.24) is 0 Å². The first-order valence-electron chi connectivity index (χ1n) is 9.35. The van der Waals surface area contributed by atoms with Gasteiger partial charge in [-0.3, -0.25) is 20.2 Å². The highest BCUT2D eigenvalue weighted by atomic mass is 32.2. The van der Waals surface area contributed by atoms with Crippen molar-refractivity contribution in [3.63, 3.8) is 0 Å². The second-order valence-electron chi connectivity index (χ2n) is 6.55. The van der Waals surface area contributed by atoms with Gasteiger partial charge in [0.2, 0.25) is 0 Å². The van der Waals surface area contributed by atoms with Gasteiger partial charge in [-0.1, -0.05) is 24.3 Å². The van der Waals surface area contributed by atoms with Crippen LogP contribution in [0.5, 0.6) is 0 Å². The highest BCUT2D eigenvalue weighted by Gasteiger charge is 2.15. The molecule has 176 valence electrons. The lowest BCUT2D eigenvalue weighted by molar-refractivity contribution is -0.385. The lowest BCUT2D eigenvalue weighted by Gasteiger charge is -2.01. The van der Waals surface area contributed by atoms with E-state index < -0.39 is 29.5 Å². The molecule has 0 aliphatic rings. The van der Waals surface area contributed by atoms with E-state index in [2.05, 4.69) is 0 Å². The first-order valence-corrected chi connectivity index (χ1v) is 13.8. The normalized spacial score (nSPS) is 12.4. The monoisotopic (exact) mass is 512 g/mol. The molecule has 0 aromatic heterocycles. The Bertz CT molecular complexity index is 1150. The standard InChI is InChI=1S/C20H20N2O8S3/c23-21(24)17-5-9-19(10-6-17)32(27,28)15-3-1-13-31-14-2-4-16-33(29,30)20-11-7-18(8-12-20)22(25)26/h1-12H,13-16H2/b3-1+,4-2+. The van der Waals surface area contributed by atoms with Crippen molar-refractivity contribution in [2.75, 3.05) is 23.0 Å². The molecule has 10 nitrogen and oxygen atoms in total. The van der Waals surface area contributed by atoms with Crippen LogP contribution in [0.4, 0.5) is 11.4 Å². The Kier molecular flexibility index (Phi) is 9.32. The minimum Gasteiger partial charge on any atom is -0.258 e. The summed E-state index contributed by atoms with van der Waals surface area (Å²) in [5.74, 6) is 0.536. The topological polar surface area (TPSA) is 155 Å². The number of hydrogen-bond acceptors (Lipinski definition) is 9. The molecule has 2 aromatic rings. The van der Waals surface area contributed by atoms with Gasteiger partial charge in [0.05, 0.1) is 31.1 Å². The molecule has 0 saturated heterocycles. The van der Waals surface area contributed by atoms with E-state index in [0.29, 0.717) is 11.5 Å². The quantitative estimate of drug-likeness (QED) is 0.179. The van der Waals surface area contributed by atoms with Gasteiger partial charge in [-0.25, -0.2) is 16.8 Å². The Morgan fingerprint density at radius 3 is 1.27 bits per heavy atom. The van der Waals surface area contributed by atoms with Gasteiger partial charge in [0, 0.05) is 35.8 Å². The molecule has 13 heteroatoms. The van der Waals surface area contributed by atoms with Crippen LogP contribution in [-0.2, 0) is 19.7 Å². The van der Waals surface area contributed by atoms with Crippen LogP contribution in [0.25, 0.3) is 0 Å². The predicted molar refractivity (Wildman–Crippen MR) is 126 cm³/mol. The van der Waals surface area contributed by atoms with Gasteiger partial charge in [-0.05, 0) is 24.3 Å². The van der Waals surface area contributed by atoms with Crippen LogP contribution in [0.1, 0.15) is 0 Å². The molecule has 0 spiro atoms. The Morgan fingerprint density at radius 1 is 0.636 bits per heavy atom. The Hall–Kier alpha value is -3.03. The molecule has 0 amide bonds. The van der Waals surface area contributed by atoms with Gasteiger partial charge in [0.25, 0.3) is 11.4 Å². The smallest absolute Gasteiger partial charge is 0.258 e. The number of nitro benzene ring substituents is 2. The molecule has 0 unspecified atom stereocenters. The molecule has 0 atom stereocenters. The van der Waals surface area contributed by atoms with Crippen LogP contribution >= 0.6 is 11.8 Å². The Labute approximate surface area is 195 Å². The maximum atomic E-state index is 12.2. The van der Waals surface area contributed by atoms with Gasteiger partial charge in [-0.2, -0.15) is 11.8 Å². The lowest BCUT2D eigenvalue weighted by atomic mass is 10.3. The van der Waals surface area contributed by atoms with Crippen LogP contribution in [0.2, 0.25) is 0 Å². The zero-order chi connectivity index (χ0) is 24.5. The summed E-state index contributed by atoms with van der Waals surface area (Å²) in [6.45, 7) is 0. The van der Waals surface area contributed by atoms with E-state index in [1.165, 1.54) is 48.2 Å². The van der Waals surface area contributed by atoms with Crippen LogP contribution < -0.4 is 0 Å². The maximum absolute atomic E-state index is 12.2. The molecule has 33 heavy (non-hydrogen) atoms. The molecule has 0 radical (unpaired) electrons. The molecule has 2 aromatic carbocycles. The summed E-state index contributed by atoms with van der Waals surface area (Å²) in [6, 6.07) is 9.36. The fourth-order valence-electron chi connectivity index (χ4n) is 2.47. The van der Waals surface area contributed by atoms with Crippen molar-refractivity contribution >= 4 is 42.8 Å². The first kappa shape index (κ1) is 26.2. The van der Waals surface area contributed by atoms with E-state index in [1.54, 1.807) is 12.2 Å². The molecule has 0 fully saturated rings. The summed E-state index contributed by atoms with van der Waals surface area (Å²) < 4.78 is 48.9. The molecule has 0 N–H and O–H groups in total. The van der Waals surface area contributed by atoms with Gasteiger partial charge in [0.1, 0.15) is 0 Å². The molecule has 0 heterocycles. The van der Waals surface area contributed by atoms with Gasteiger partial charge < -0.3 is 0 Å². The van der Waals surface area contributed by atoms with Gasteiger partial charge in [-0.15, -0.1) is 0 Å². The minimum absolute atomic E-state index is 0.00238. The zero-order valence-corrected chi connectivity index (χ0v) is 19.6. The van der Waals surface area contributed by atoms with Crippen LogP contribution in [0.3, 0.4) is 0 Å². The molecular formula is C20H20N2O8S3. The fourth-order valence-corrected chi connectivity index (χ4v) is 5.42. The van der Waals surface area contributed by atoms with Crippen molar-refractivity contribution in [3.05, 3.63) is 93.1 Å². The third-order valence-corrected chi connectivity index (χ3v) is 8.31. The van der Waals surface area contributed by atoms with E-state index in [-0.39, 0.29) is 32.7 Å². The summed E-state index contributed by atoms with van der Waals surface area (Å²) in [5.41, 5.74) is -0.371. The van der Waals surface area contributed by atoms with E-state index in [9.17, 15) is 37.1 Å². The number of rotatable bonds is 12. The van der Waals surface area contributed by atoms with Gasteiger partial charge >= 0.3 is 0 Å². The van der Waals surface area contributed by atoms with Crippen molar-refractivity contribution in [1.29, 1.82) is 0 Å². The molecule has 0 aliphatic heterocycles. The highest BCUT2D eigenvalue weighted by Crippen LogP contribution is 2.18.